The molecule has 3 heteroatoms. The number of amides is 1. The van der Waals surface area contributed by atoms with Crippen molar-refractivity contribution in [2.24, 2.45) is 5.92 Å². The maximum absolute atomic E-state index is 12.6. The number of carbonyl (C=O) groups is 1. The van der Waals surface area contributed by atoms with Gasteiger partial charge in [-0.05, 0) is 49.1 Å². The van der Waals surface area contributed by atoms with E-state index in [1.165, 1.54) is 11.1 Å². The van der Waals surface area contributed by atoms with Crippen LogP contribution < -0.4 is 5.32 Å². The zero-order valence-corrected chi connectivity index (χ0v) is 12.5. The molecule has 110 valence electrons. The number of carbonyl (C=O) groups excluding carboxylic acids is 1. The van der Waals surface area contributed by atoms with Gasteiger partial charge in [-0.1, -0.05) is 30.3 Å². The fourth-order valence-electron chi connectivity index (χ4n) is 3.38. The third-order valence-electron chi connectivity index (χ3n) is 4.48. The third-order valence-corrected chi connectivity index (χ3v) is 4.48. The van der Waals surface area contributed by atoms with E-state index in [1.807, 2.05) is 37.3 Å². The lowest BCUT2D eigenvalue weighted by Gasteiger charge is -2.11. The number of aromatic amines is 1. The molecule has 0 bridgehead atoms. The summed E-state index contributed by atoms with van der Waals surface area (Å²) >= 11 is 0. The number of hydrogen-bond donors (Lipinski definition) is 2. The van der Waals surface area contributed by atoms with Crippen LogP contribution in [0.5, 0.6) is 0 Å². The van der Waals surface area contributed by atoms with E-state index in [0.29, 0.717) is 0 Å². The average molecular weight is 290 g/mol. The lowest BCUT2D eigenvalue weighted by atomic mass is 10.1. The van der Waals surface area contributed by atoms with Crippen molar-refractivity contribution in [2.75, 3.05) is 5.32 Å². The molecule has 4 rings (SSSR count). The maximum Gasteiger partial charge on any atom is 0.228 e. The van der Waals surface area contributed by atoms with E-state index in [2.05, 4.69) is 28.5 Å². The van der Waals surface area contributed by atoms with Gasteiger partial charge in [-0.25, -0.2) is 0 Å². The van der Waals surface area contributed by atoms with Gasteiger partial charge >= 0.3 is 0 Å². The molecule has 22 heavy (non-hydrogen) atoms. The molecule has 0 atom stereocenters. The zero-order valence-electron chi connectivity index (χ0n) is 12.5. The van der Waals surface area contributed by atoms with Crippen molar-refractivity contribution in [1.29, 1.82) is 0 Å². The highest BCUT2D eigenvalue weighted by atomic mass is 16.1. The topological polar surface area (TPSA) is 44.9 Å². The molecule has 3 aromatic rings. The van der Waals surface area contributed by atoms with E-state index in [4.69, 9.17) is 0 Å². The molecule has 0 aliphatic heterocycles. The van der Waals surface area contributed by atoms with Gasteiger partial charge in [0, 0.05) is 22.5 Å². The summed E-state index contributed by atoms with van der Waals surface area (Å²) in [6.45, 7) is 2.03. The van der Waals surface area contributed by atoms with Crippen molar-refractivity contribution >= 4 is 22.5 Å². The Labute approximate surface area is 129 Å². The Morgan fingerprint density at radius 3 is 2.55 bits per heavy atom. The van der Waals surface area contributed by atoms with Crippen LogP contribution in [0.1, 0.15) is 16.8 Å². The molecule has 1 amide bonds. The van der Waals surface area contributed by atoms with Crippen molar-refractivity contribution < 1.29 is 4.79 Å². The molecular formula is C19H18N2O. The molecule has 1 aromatic heterocycles. The van der Waals surface area contributed by atoms with Gasteiger partial charge in [0.25, 0.3) is 0 Å². The van der Waals surface area contributed by atoms with Gasteiger partial charge in [-0.3, -0.25) is 4.79 Å². The number of nitrogens with one attached hydrogen (secondary N) is 2. The van der Waals surface area contributed by atoms with Crippen molar-refractivity contribution in [3.05, 3.63) is 65.4 Å². The maximum atomic E-state index is 12.6. The Hall–Kier alpha value is -2.55. The standard InChI is InChI=1S/C19H18N2O/c1-12-9-16-17(20-12)7-4-8-18(16)21-19(22)15-10-13-5-2-3-6-14(13)11-15/h2-9,15,20H,10-11H2,1H3,(H,21,22). The van der Waals surface area contributed by atoms with Crippen molar-refractivity contribution in [1.82, 2.24) is 4.98 Å². The first-order valence-electron chi connectivity index (χ1n) is 7.67. The van der Waals surface area contributed by atoms with Crippen molar-refractivity contribution in [2.45, 2.75) is 19.8 Å². The molecular weight excluding hydrogens is 272 g/mol. The van der Waals surface area contributed by atoms with Crippen LogP contribution in [-0.4, -0.2) is 10.9 Å². The van der Waals surface area contributed by atoms with Crippen LogP contribution in [0.2, 0.25) is 0 Å². The molecule has 0 unspecified atom stereocenters. The van der Waals surface area contributed by atoms with E-state index in [9.17, 15) is 4.79 Å². The largest absolute Gasteiger partial charge is 0.359 e. The first-order valence-corrected chi connectivity index (χ1v) is 7.67. The van der Waals surface area contributed by atoms with Gasteiger partial charge in [-0.2, -0.15) is 0 Å². The summed E-state index contributed by atoms with van der Waals surface area (Å²) in [7, 11) is 0. The molecule has 2 aromatic carbocycles. The second kappa shape index (κ2) is 5.02. The molecule has 0 saturated carbocycles. The van der Waals surface area contributed by atoms with Crippen LogP contribution >= 0.6 is 0 Å². The van der Waals surface area contributed by atoms with Crippen LogP contribution in [0, 0.1) is 12.8 Å². The third kappa shape index (κ3) is 2.19. The van der Waals surface area contributed by atoms with E-state index in [1.54, 1.807) is 0 Å². The van der Waals surface area contributed by atoms with E-state index >= 15 is 0 Å². The SMILES string of the molecule is Cc1cc2c(NC(=O)C3Cc4ccccc4C3)cccc2[nH]1. The van der Waals surface area contributed by atoms with Gasteiger partial charge in [0.05, 0.1) is 5.69 Å². The van der Waals surface area contributed by atoms with Crippen LogP contribution in [0.25, 0.3) is 10.9 Å². The smallest absolute Gasteiger partial charge is 0.228 e. The van der Waals surface area contributed by atoms with Crippen molar-refractivity contribution in [3.63, 3.8) is 0 Å². The molecule has 0 spiro atoms. The van der Waals surface area contributed by atoms with Crippen LogP contribution in [0.4, 0.5) is 5.69 Å². The number of anilines is 1. The monoisotopic (exact) mass is 290 g/mol. The Morgan fingerprint density at radius 2 is 1.82 bits per heavy atom. The minimum absolute atomic E-state index is 0.0349. The fourth-order valence-corrected chi connectivity index (χ4v) is 3.38. The number of fused-ring (bicyclic) bond motifs is 2. The van der Waals surface area contributed by atoms with Gasteiger partial charge in [0.1, 0.15) is 0 Å². The van der Waals surface area contributed by atoms with Crippen LogP contribution in [0.3, 0.4) is 0 Å². The number of aryl methyl sites for hydroxylation is 1. The average Bonchev–Trinajstić information content (AvgIpc) is 3.10. The summed E-state index contributed by atoms with van der Waals surface area (Å²) in [4.78, 5) is 15.9. The van der Waals surface area contributed by atoms with Crippen molar-refractivity contribution in [3.8, 4) is 0 Å². The molecule has 1 aliphatic rings. The Balaban J connectivity index is 1.57. The molecule has 1 aliphatic carbocycles. The highest BCUT2D eigenvalue weighted by Crippen LogP contribution is 2.29. The zero-order chi connectivity index (χ0) is 15.1. The van der Waals surface area contributed by atoms with Gasteiger partial charge < -0.3 is 10.3 Å². The quantitative estimate of drug-likeness (QED) is 0.740. The number of hydrogen-bond acceptors (Lipinski definition) is 1. The Morgan fingerprint density at radius 1 is 1.09 bits per heavy atom. The van der Waals surface area contributed by atoms with E-state index in [-0.39, 0.29) is 11.8 Å². The summed E-state index contributed by atoms with van der Waals surface area (Å²) in [5.74, 6) is 0.148. The summed E-state index contributed by atoms with van der Waals surface area (Å²) in [6, 6.07) is 16.4. The second-order valence-electron chi connectivity index (χ2n) is 6.08. The Kier molecular flexibility index (Phi) is 3.00. The molecule has 0 fully saturated rings. The van der Waals surface area contributed by atoms with Crippen LogP contribution in [0.15, 0.2) is 48.5 Å². The van der Waals surface area contributed by atoms with Crippen LogP contribution in [-0.2, 0) is 17.6 Å². The number of aromatic nitrogens is 1. The summed E-state index contributed by atoms with van der Waals surface area (Å²) < 4.78 is 0. The summed E-state index contributed by atoms with van der Waals surface area (Å²) in [5.41, 5.74) is 5.66. The van der Waals surface area contributed by atoms with E-state index < -0.39 is 0 Å². The predicted octanol–water partition coefficient (Wildman–Crippen LogP) is 3.83. The molecule has 3 nitrogen and oxygen atoms in total. The highest BCUT2D eigenvalue weighted by Gasteiger charge is 2.27. The second-order valence-corrected chi connectivity index (χ2v) is 6.08. The minimum Gasteiger partial charge on any atom is -0.359 e. The normalized spacial score (nSPS) is 14.2. The molecule has 1 heterocycles. The van der Waals surface area contributed by atoms with E-state index in [0.717, 1.165) is 35.1 Å². The first-order chi connectivity index (χ1) is 10.7. The van der Waals surface area contributed by atoms with Gasteiger partial charge in [0.15, 0.2) is 0 Å². The molecule has 2 N–H and O–H groups in total. The summed E-state index contributed by atoms with van der Waals surface area (Å²) in [6.07, 6.45) is 1.67. The number of benzene rings is 2. The minimum atomic E-state index is 0.0349. The number of H-pyrrole nitrogens is 1. The number of rotatable bonds is 2. The van der Waals surface area contributed by atoms with Gasteiger partial charge in [-0.15, -0.1) is 0 Å². The van der Waals surface area contributed by atoms with Gasteiger partial charge in [0.2, 0.25) is 5.91 Å². The lowest BCUT2D eigenvalue weighted by Crippen LogP contribution is -2.23. The predicted molar refractivity (Wildman–Crippen MR) is 89.0 cm³/mol. The highest BCUT2D eigenvalue weighted by molar-refractivity contribution is 6.02. The Bertz CT molecular complexity index is 838. The first kappa shape index (κ1) is 13.1. The lowest BCUT2D eigenvalue weighted by molar-refractivity contribution is -0.119. The molecule has 0 radical (unpaired) electrons. The fraction of sp³-hybridized carbons (Fsp3) is 0.211. The molecule has 0 saturated heterocycles. The summed E-state index contributed by atoms with van der Waals surface area (Å²) in [5, 5.41) is 4.19.